The average molecular weight is 1240 g/mol. The Kier molecular flexibility index (Phi) is 24.6. The second kappa shape index (κ2) is 31.4. The van der Waals surface area contributed by atoms with Crippen LogP contribution in [0.2, 0.25) is 0 Å². The number of aliphatic hydroxyl groups excluding tert-OH is 2. The number of carboxylic acid groups (broad SMARTS) is 1. The molecule has 0 saturated heterocycles. The van der Waals surface area contributed by atoms with E-state index >= 15 is 0 Å². The van der Waals surface area contributed by atoms with Crippen molar-refractivity contribution in [1.29, 1.82) is 0 Å². The first-order valence-corrected chi connectivity index (χ1v) is 27.3. The number of rotatable bonds is 20. The summed E-state index contributed by atoms with van der Waals surface area (Å²) in [6.45, 7) is 15.5. The quantitative estimate of drug-likeness (QED) is 0.0359. The van der Waals surface area contributed by atoms with E-state index < -0.39 is 71.6 Å². The van der Waals surface area contributed by atoms with Crippen LogP contribution in [0.25, 0.3) is 33.8 Å². The number of Topliss-reactive ketones (excluding diaryl/α,β-unsaturated/α-hetero) is 1. The number of ketones is 1. The minimum atomic E-state index is -1.57. The number of carbonyl (C=O) groups excluding carboxylic acids is 6. The van der Waals surface area contributed by atoms with E-state index in [0.29, 0.717) is 86.5 Å². The predicted octanol–water partition coefficient (Wildman–Crippen LogP) is 6.68. The lowest BCUT2D eigenvalue weighted by Crippen LogP contribution is -2.50. The van der Waals surface area contributed by atoms with Gasteiger partial charge in [0.25, 0.3) is 17.7 Å². The molecule has 0 radical (unpaired) electrons. The van der Waals surface area contributed by atoms with E-state index in [1.807, 2.05) is 66.7 Å². The summed E-state index contributed by atoms with van der Waals surface area (Å²) in [6, 6.07) is 30.1. The van der Waals surface area contributed by atoms with Gasteiger partial charge in [-0.15, -0.1) is 12.4 Å². The zero-order chi connectivity index (χ0) is 64.7. The SMILES string of the molecule is Cc1cc(-c2nc(C)oc2C(=O)NC(Cc2ccccc2)C(=O)C(N)=O)c(C)o1.Cc1cc(-c2nc(C)oc2C(=O)NC(Cc2ccccc2)C(O)C(N)=O)c(C)o1.Cc1cc(-c2nc(C)oc2C(=O)O)c(C)o1.Cl.NC(=O)C(O)C(N)Cc1ccccc1. The van der Waals surface area contributed by atoms with Crippen LogP contribution in [0.4, 0.5) is 0 Å². The number of aromatic carboxylic acids is 1. The van der Waals surface area contributed by atoms with Crippen LogP contribution in [0.5, 0.6) is 0 Å². The van der Waals surface area contributed by atoms with Crippen molar-refractivity contribution in [2.45, 2.75) is 112 Å². The maximum atomic E-state index is 13.0. The molecule has 25 nitrogen and oxygen atoms in total. The Bertz CT molecular complexity index is 3900. The van der Waals surface area contributed by atoms with E-state index in [-0.39, 0.29) is 48.4 Å². The number of halogens is 1. The molecule has 13 N–H and O–H groups in total. The molecule has 6 heterocycles. The Morgan fingerprint density at radius 2 is 0.809 bits per heavy atom. The number of hydrogen-bond acceptors (Lipinski definition) is 19. The lowest BCUT2D eigenvalue weighted by molar-refractivity contribution is -0.137. The van der Waals surface area contributed by atoms with Gasteiger partial charge in [0.1, 0.15) is 63.8 Å². The van der Waals surface area contributed by atoms with Gasteiger partial charge < -0.3 is 75.4 Å². The van der Waals surface area contributed by atoms with Gasteiger partial charge in [-0.05, 0) is 89.3 Å². The van der Waals surface area contributed by atoms with Gasteiger partial charge >= 0.3 is 5.97 Å². The lowest BCUT2D eigenvalue weighted by atomic mass is 10.0. The highest BCUT2D eigenvalue weighted by Crippen LogP contribution is 2.32. The van der Waals surface area contributed by atoms with E-state index in [1.54, 1.807) is 105 Å². The number of amides is 5. The van der Waals surface area contributed by atoms with Gasteiger partial charge in [0.05, 0.1) is 6.04 Å². The summed E-state index contributed by atoms with van der Waals surface area (Å²) in [5.41, 5.74) is 26.4. The Hall–Kier alpha value is -10.2. The Labute approximate surface area is 516 Å². The molecule has 9 rings (SSSR count). The van der Waals surface area contributed by atoms with Crippen molar-refractivity contribution in [3.63, 3.8) is 0 Å². The molecule has 0 aliphatic rings. The van der Waals surface area contributed by atoms with Crippen LogP contribution in [0, 0.1) is 62.3 Å². The highest BCUT2D eigenvalue weighted by Gasteiger charge is 2.32. The second-order valence-electron chi connectivity index (χ2n) is 20.3. The molecule has 3 aromatic carbocycles. The number of primary amides is 3. The number of oxazole rings is 3. The van der Waals surface area contributed by atoms with E-state index in [1.165, 1.54) is 0 Å². The summed E-state index contributed by atoms with van der Waals surface area (Å²) < 4.78 is 32.4. The number of benzene rings is 3. The first-order valence-electron chi connectivity index (χ1n) is 27.3. The molecule has 0 bridgehead atoms. The number of nitrogens with zero attached hydrogens (tertiary/aromatic N) is 3. The molecule has 0 saturated carbocycles. The number of carboxylic acids is 1. The molecule has 6 aromatic heterocycles. The molecule has 470 valence electrons. The van der Waals surface area contributed by atoms with Gasteiger partial charge in [-0.2, -0.15) is 0 Å². The van der Waals surface area contributed by atoms with Crippen LogP contribution in [-0.2, 0) is 38.4 Å². The average Bonchev–Trinajstić information content (AvgIpc) is 2.08. The number of aliphatic hydroxyl groups is 2. The van der Waals surface area contributed by atoms with E-state index in [4.69, 9.17) is 54.5 Å². The first-order chi connectivity index (χ1) is 41.6. The molecule has 5 amide bonds. The third kappa shape index (κ3) is 18.9. The van der Waals surface area contributed by atoms with Crippen LogP contribution < -0.4 is 33.6 Å². The molecular formula is C63H70ClN9O16. The van der Waals surface area contributed by atoms with Crippen molar-refractivity contribution < 1.29 is 75.4 Å². The fraction of sp³-hybridized carbons (Fsp3) is 0.270. The molecular weight excluding hydrogens is 1170 g/mol. The Balaban J connectivity index is 0.000000225. The first kappa shape index (κ1) is 69.6. The molecule has 0 aliphatic heterocycles. The fourth-order valence-corrected chi connectivity index (χ4v) is 9.08. The largest absolute Gasteiger partial charge is 0.475 e. The van der Waals surface area contributed by atoms with Crippen molar-refractivity contribution in [3.05, 3.63) is 195 Å². The number of aryl methyl sites for hydroxylation is 9. The van der Waals surface area contributed by atoms with Gasteiger partial charge in [-0.25, -0.2) is 19.7 Å². The second-order valence-corrected chi connectivity index (χ2v) is 20.3. The van der Waals surface area contributed by atoms with Gasteiger partial charge in [-0.1, -0.05) is 91.0 Å². The monoisotopic (exact) mass is 1240 g/mol. The third-order valence-electron chi connectivity index (χ3n) is 13.1. The highest BCUT2D eigenvalue weighted by atomic mass is 35.5. The minimum absolute atomic E-state index is 0. The van der Waals surface area contributed by atoms with Crippen LogP contribution in [-0.4, -0.2) is 102 Å². The molecule has 0 aliphatic carbocycles. The molecule has 0 fully saturated rings. The topological polar surface area (TPSA) is 426 Å². The zero-order valence-corrected chi connectivity index (χ0v) is 50.9. The predicted molar refractivity (Wildman–Crippen MR) is 325 cm³/mol. The van der Waals surface area contributed by atoms with Crippen LogP contribution in [0.1, 0.15) is 101 Å². The normalized spacial score (nSPS) is 12.4. The number of nitrogens with one attached hydrogen (secondary N) is 2. The molecule has 26 heteroatoms. The summed E-state index contributed by atoms with van der Waals surface area (Å²) in [5, 5.41) is 33.7. The van der Waals surface area contributed by atoms with Crippen molar-refractivity contribution in [2.75, 3.05) is 0 Å². The molecule has 9 aromatic rings. The third-order valence-corrected chi connectivity index (χ3v) is 13.1. The van der Waals surface area contributed by atoms with Gasteiger partial charge in [0.2, 0.25) is 34.9 Å². The maximum absolute atomic E-state index is 13.0. The van der Waals surface area contributed by atoms with E-state index in [2.05, 4.69) is 25.6 Å². The molecule has 0 spiro atoms. The van der Waals surface area contributed by atoms with E-state index in [9.17, 15) is 43.8 Å². The molecule has 5 unspecified atom stereocenters. The van der Waals surface area contributed by atoms with Gasteiger partial charge in [0, 0.05) is 49.9 Å². The smallest absolute Gasteiger partial charge is 0.374 e. The lowest BCUT2D eigenvalue weighted by Gasteiger charge is -2.22. The Morgan fingerprint density at radius 3 is 1.15 bits per heavy atom. The molecule has 5 atom stereocenters. The summed E-state index contributed by atoms with van der Waals surface area (Å²) in [4.78, 5) is 95.4. The minimum Gasteiger partial charge on any atom is -0.475 e. The Morgan fingerprint density at radius 1 is 0.472 bits per heavy atom. The van der Waals surface area contributed by atoms with Crippen molar-refractivity contribution >= 4 is 53.7 Å². The number of hydrogen-bond donors (Lipinski definition) is 9. The standard InChI is InChI=1S/C21H23N3O5.C21H21N3O5.C11H11NO4.C10H14N2O2.ClH/c2*1-11-9-15(12(2)28-11)17-19(29-13(3)23-17)21(27)24-16(18(25)20(22)26)10-14-7-5-4-6-8-14;1-5-4-8(6(2)15-5)9-10(11(13)14)16-7(3)12-9;11-8(9(13)10(12)14)6-7-4-2-1-3-5-7;/h4-9,16,18,25H,10H2,1-3H3,(H2,22,26)(H,24,27);4-9,16H,10H2,1-3H3,(H2,22,26)(H,24,27);4H,1-3H3,(H,13,14);1-5,8-9,13H,6,11H2,(H2,12,14);1H. The van der Waals surface area contributed by atoms with Crippen LogP contribution in [0.15, 0.2) is 136 Å². The van der Waals surface area contributed by atoms with Crippen LogP contribution in [0.3, 0.4) is 0 Å². The summed E-state index contributed by atoms with van der Waals surface area (Å²) in [6.07, 6.45) is -2.09. The summed E-state index contributed by atoms with van der Waals surface area (Å²) in [7, 11) is 0. The number of aromatic nitrogens is 3. The summed E-state index contributed by atoms with van der Waals surface area (Å²) >= 11 is 0. The zero-order valence-electron chi connectivity index (χ0n) is 50.1. The number of furan rings is 3. The van der Waals surface area contributed by atoms with Crippen molar-refractivity contribution in [2.24, 2.45) is 22.9 Å². The van der Waals surface area contributed by atoms with Crippen molar-refractivity contribution in [1.82, 2.24) is 25.6 Å². The van der Waals surface area contributed by atoms with Crippen molar-refractivity contribution in [3.8, 4) is 33.8 Å². The molecule has 89 heavy (non-hydrogen) atoms. The van der Waals surface area contributed by atoms with Gasteiger partial charge in [0.15, 0.2) is 23.8 Å². The maximum Gasteiger partial charge on any atom is 0.374 e. The number of nitrogens with two attached hydrogens (primary N) is 4. The van der Waals surface area contributed by atoms with E-state index in [0.717, 1.165) is 16.7 Å². The highest BCUT2D eigenvalue weighted by molar-refractivity contribution is 6.38. The number of carbonyl (C=O) groups is 7. The summed E-state index contributed by atoms with van der Waals surface area (Å²) in [5.74, 6) is -1.61. The van der Waals surface area contributed by atoms with Gasteiger partial charge in [-0.3, -0.25) is 28.8 Å². The van der Waals surface area contributed by atoms with Crippen LogP contribution >= 0.6 is 12.4 Å². The fourth-order valence-electron chi connectivity index (χ4n) is 9.08.